The van der Waals surface area contributed by atoms with Crippen LogP contribution >= 0.6 is 0 Å². The van der Waals surface area contributed by atoms with E-state index in [4.69, 9.17) is 5.73 Å². The number of carbonyl (C=O) groups excluding carboxylic acids is 2. The largest absolute Gasteiger partial charge is 0.368 e. The minimum absolute atomic E-state index is 0.0812. The number of benzene rings is 1. The third-order valence-corrected chi connectivity index (χ3v) is 3.81. The number of piperazine rings is 1. The lowest BCUT2D eigenvalue weighted by Gasteiger charge is -2.36. The fourth-order valence-electron chi connectivity index (χ4n) is 2.46. The Morgan fingerprint density at radius 2 is 1.82 bits per heavy atom. The predicted octanol–water partition coefficient (Wildman–Crippen LogP) is 0.189. The van der Waals surface area contributed by atoms with Gasteiger partial charge in [0.2, 0.25) is 11.8 Å². The average Bonchev–Trinajstić information content (AvgIpc) is 2.55. The second-order valence-electron chi connectivity index (χ2n) is 5.53. The minimum Gasteiger partial charge on any atom is -0.368 e. The van der Waals surface area contributed by atoms with E-state index in [1.807, 2.05) is 23.1 Å². The first-order valence-corrected chi connectivity index (χ1v) is 7.69. The molecule has 0 aliphatic carbocycles. The van der Waals surface area contributed by atoms with Crippen molar-refractivity contribution in [2.24, 2.45) is 5.73 Å². The number of carbonyl (C=O) groups is 2. The molecule has 2 rings (SSSR count). The standard InChI is InChI=1S/C16H24N4O2/c1-13(17)16(22)18-8-7-15(21)20-11-9-19(10-12-20)14-5-3-2-4-6-14/h2-6,13H,7-12,17H2,1H3,(H,18,22)/t13-/m1/s1. The van der Waals surface area contributed by atoms with Gasteiger partial charge >= 0.3 is 0 Å². The maximum absolute atomic E-state index is 12.1. The molecule has 6 nitrogen and oxygen atoms in total. The van der Waals surface area contributed by atoms with Gasteiger partial charge < -0.3 is 20.9 Å². The second-order valence-corrected chi connectivity index (χ2v) is 5.53. The van der Waals surface area contributed by atoms with Crippen molar-refractivity contribution < 1.29 is 9.59 Å². The molecular weight excluding hydrogens is 280 g/mol. The smallest absolute Gasteiger partial charge is 0.236 e. The molecule has 3 N–H and O–H groups in total. The molecule has 0 bridgehead atoms. The minimum atomic E-state index is -0.537. The Hall–Kier alpha value is -2.08. The molecular formula is C16H24N4O2. The van der Waals surface area contributed by atoms with E-state index in [0.717, 1.165) is 26.2 Å². The van der Waals surface area contributed by atoms with E-state index in [9.17, 15) is 9.59 Å². The van der Waals surface area contributed by atoms with Crippen molar-refractivity contribution in [3.63, 3.8) is 0 Å². The summed E-state index contributed by atoms with van der Waals surface area (Å²) in [5, 5.41) is 2.66. The fraction of sp³-hybridized carbons (Fsp3) is 0.500. The first-order valence-electron chi connectivity index (χ1n) is 7.69. The summed E-state index contributed by atoms with van der Waals surface area (Å²) in [6.07, 6.45) is 0.323. The van der Waals surface area contributed by atoms with E-state index in [-0.39, 0.29) is 11.8 Å². The molecule has 0 saturated carbocycles. The molecule has 1 aliphatic heterocycles. The average molecular weight is 304 g/mol. The molecule has 1 saturated heterocycles. The SMILES string of the molecule is C[C@@H](N)C(=O)NCCC(=O)N1CCN(c2ccccc2)CC1. The summed E-state index contributed by atoms with van der Waals surface area (Å²) in [5.41, 5.74) is 6.65. The van der Waals surface area contributed by atoms with Gasteiger partial charge in [-0.25, -0.2) is 0 Å². The zero-order valence-corrected chi connectivity index (χ0v) is 13.0. The van der Waals surface area contributed by atoms with E-state index in [1.165, 1.54) is 5.69 Å². The van der Waals surface area contributed by atoms with Gasteiger partial charge in [-0.05, 0) is 19.1 Å². The highest BCUT2D eigenvalue weighted by atomic mass is 16.2. The van der Waals surface area contributed by atoms with Crippen molar-refractivity contribution in [2.45, 2.75) is 19.4 Å². The maximum atomic E-state index is 12.1. The number of hydrogen-bond acceptors (Lipinski definition) is 4. The van der Waals surface area contributed by atoms with Gasteiger partial charge in [-0.2, -0.15) is 0 Å². The van der Waals surface area contributed by atoms with Crippen LogP contribution in [0.5, 0.6) is 0 Å². The number of rotatable bonds is 5. The molecule has 1 fully saturated rings. The fourth-order valence-corrected chi connectivity index (χ4v) is 2.46. The van der Waals surface area contributed by atoms with Crippen molar-refractivity contribution >= 4 is 17.5 Å². The summed E-state index contributed by atoms with van der Waals surface area (Å²) in [4.78, 5) is 27.6. The molecule has 22 heavy (non-hydrogen) atoms. The Morgan fingerprint density at radius 1 is 1.18 bits per heavy atom. The molecule has 1 aromatic carbocycles. The lowest BCUT2D eigenvalue weighted by molar-refractivity contribution is -0.131. The normalized spacial score (nSPS) is 16.3. The zero-order chi connectivity index (χ0) is 15.9. The van der Waals surface area contributed by atoms with Crippen molar-refractivity contribution in [3.8, 4) is 0 Å². The quantitative estimate of drug-likeness (QED) is 0.814. The summed E-state index contributed by atoms with van der Waals surface area (Å²) in [6, 6.07) is 9.67. The third kappa shape index (κ3) is 4.46. The van der Waals surface area contributed by atoms with E-state index in [2.05, 4.69) is 22.3 Å². The Kier molecular flexibility index (Phi) is 5.77. The van der Waals surface area contributed by atoms with Crippen LogP contribution in [0.2, 0.25) is 0 Å². The van der Waals surface area contributed by atoms with E-state index in [1.54, 1.807) is 6.92 Å². The highest BCUT2D eigenvalue weighted by Crippen LogP contribution is 2.15. The lowest BCUT2D eigenvalue weighted by atomic mass is 10.2. The van der Waals surface area contributed by atoms with Gasteiger partial charge in [0.05, 0.1) is 6.04 Å². The van der Waals surface area contributed by atoms with Crippen molar-refractivity contribution in [3.05, 3.63) is 30.3 Å². The van der Waals surface area contributed by atoms with Crippen LogP contribution in [-0.4, -0.2) is 55.5 Å². The first kappa shape index (κ1) is 16.3. The van der Waals surface area contributed by atoms with Crippen LogP contribution in [0.4, 0.5) is 5.69 Å². The number of nitrogens with two attached hydrogens (primary N) is 1. The van der Waals surface area contributed by atoms with Gasteiger partial charge in [0, 0.05) is 44.8 Å². The maximum Gasteiger partial charge on any atom is 0.236 e. The molecule has 1 atom stereocenters. The summed E-state index contributed by atoms with van der Waals surface area (Å²) in [6.45, 7) is 5.08. The first-order chi connectivity index (χ1) is 10.6. The van der Waals surface area contributed by atoms with Gasteiger partial charge in [-0.1, -0.05) is 18.2 Å². The number of nitrogens with zero attached hydrogens (tertiary/aromatic N) is 2. The van der Waals surface area contributed by atoms with Crippen molar-refractivity contribution in [1.82, 2.24) is 10.2 Å². The Bertz CT molecular complexity index is 496. The molecule has 0 radical (unpaired) electrons. The van der Waals surface area contributed by atoms with Crippen molar-refractivity contribution in [1.29, 1.82) is 0 Å². The molecule has 1 aliphatic rings. The van der Waals surface area contributed by atoms with Gasteiger partial charge in [0.25, 0.3) is 0 Å². The number of para-hydroxylation sites is 1. The van der Waals surface area contributed by atoms with Gasteiger partial charge in [0.1, 0.15) is 0 Å². The van der Waals surface area contributed by atoms with Crippen LogP contribution in [0.1, 0.15) is 13.3 Å². The predicted molar refractivity (Wildman–Crippen MR) is 86.5 cm³/mol. The molecule has 0 aromatic heterocycles. The molecule has 1 heterocycles. The monoisotopic (exact) mass is 304 g/mol. The van der Waals surface area contributed by atoms with E-state index < -0.39 is 6.04 Å². The molecule has 0 spiro atoms. The Balaban J connectivity index is 1.72. The number of anilines is 1. The third-order valence-electron chi connectivity index (χ3n) is 3.81. The van der Waals surface area contributed by atoms with Gasteiger partial charge in [0.15, 0.2) is 0 Å². The molecule has 0 unspecified atom stereocenters. The van der Waals surface area contributed by atoms with Crippen LogP contribution in [0, 0.1) is 0 Å². The highest BCUT2D eigenvalue weighted by Gasteiger charge is 2.21. The van der Waals surface area contributed by atoms with Crippen LogP contribution in [0.15, 0.2) is 30.3 Å². The number of hydrogen-bond donors (Lipinski definition) is 2. The Labute approximate surface area is 131 Å². The van der Waals surface area contributed by atoms with Crippen LogP contribution in [0.25, 0.3) is 0 Å². The zero-order valence-electron chi connectivity index (χ0n) is 13.0. The molecule has 6 heteroatoms. The van der Waals surface area contributed by atoms with Crippen LogP contribution in [0.3, 0.4) is 0 Å². The summed E-state index contributed by atoms with van der Waals surface area (Å²) in [5.74, 6) is -0.139. The number of nitrogens with one attached hydrogen (secondary N) is 1. The van der Waals surface area contributed by atoms with Crippen LogP contribution in [-0.2, 0) is 9.59 Å². The summed E-state index contributed by atoms with van der Waals surface area (Å²) in [7, 11) is 0. The van der Waals surface area contributed by atoms with E-state index in [0.29, 0.717) is 13.0 Å². The Morgan fingerprint density at radius 3 is 2.41 bits per heavy atom. The topological polar surface area (TPSA) is 78.7 Å². The van der Waals surface area contributed by atoms with E-state index >= 15 is 0 Å². The molecule has 2 amide bonds. The molecule has 120 valence electrons. The second kappa shape index (κ2) is 7.79. The lowest BCUT2D eigenvalue weighted by Crippen LogP contribution is -2.49. The van der Waals surface area contributed by atoms with Crippen molar-refractivity contribution in [2.75, 3.05) is 37.6 Å². The highest BCUT2D eigenvalue weighted by molar-refractivity contribution is 5.82. The van der Waals surface area contributed by atoms with Gasteiger partial charge in [-0.3, -0.25) is 9.59 Å². The summed E-state index contributed by atoms with van der Waals surface area (Å²) >= 11 is 0. The molecule has 1 aromatic rings. The van der Waals surface area contributed by atoms with Gasteiger partial charge in [-0.15, -0.1) is 0 Å². The van der Waals surface area contributed by atoms with Crippen LogP contribution < -0.4 is 16.0 Å². The number of amides is 2. The summed E-state index contributed by atoms with van der Waals surface area (Å²) < 4.78 is 0.